The van der Waals surface area contributed by atoms with Crippen LogP contribution in [0, 0.1) is 0 Å². The largest absolute Gasteiger partial charge is 0.481 e. The lowest BCUT2D eigenvalue weighted by atomic mass is 10.1. The molecule has 0 aromatic carbocycles. The zero-order valence-corrected chi connectivity index (χ0v) is 9.22. The van der Waals surface area contributed by atoms with Crippen LogP contribution in [0.4, 0.5) is 0 Å². The fourth-order valence-electron chi connectivity index (χ4n) is 2.50. The molecule has 1 amide bonds. The van der Waals surface area contributed by atoms with Crippen molar-refractivity contribution in [3.63, 3.8) is 0 Å². The molecule has 0 spiro atoms. The molecule has 0 aromatic rings. The fraction of sp³-hybridized carbons (Fsp3) is 0.818. The quantitative estimate of drug-likeness (QED) is 0.768. The molecule has 0 aromatic heterocycles. The van der Waals surface area contributed by atoms with Gasteiger partial charge in [0.2, 0.25) is 0 Å². The second-order valence-electron chi connectivity index (χ2n) is 4.43. The van der Waals surface area contributed by atoms with Crippen LogP contribution >= 0.6 is 0 Å². The van der Waals surface area contributed by atoms with Gasteiger partial charge in [0.1, 0.15) is 6.10 Å². The van der Waals surface area contributed by atoms with Crippen LogP contribution in [0.5, 0.6) is 0 Å². The Morgan fingerprint density at radius 2 is 2.12 bits per heavy atom. The molecule has 1 N–H and O–H groups in total. The zero-order chi connectivity index (χ0) is 11.5. The summed E-state index contributed by atoms with van der Waals surface area (Å²) in [6, 6.07) is -0.130. The Bertz CT molecular complexity index is 286. The maximum Gasteiger partial charge on any atom is 0.305 e. The van der Waals surface area contributed by atoms with E-state index in [1.165, 1.54) is 0 Å². The maximum absolute atomic E-state index is 12.0. The summed E-state index contributed by atoms with van der Waals surface area (Å²) in [7, 11) is 0. The third kappa shape index (κ3) is 2.35. The van der Waals surface area contributed by atoms with E-state index >= 15 is 0 Å². The van der Waals surface area contributed by atoms with Crippen LogP contribution in [0.25, 0.3) is 0 Å². The maximum atomic E-state index is 12.0. The van der Waals surface area contributed by atoms with Gasteiger partial charge in [0.05, 0.1) is 6.42 Å². The van der Waals surface area contributed by atoms with Crippen molar-refractivity contribution in [1.82, 2.24) is 4.90 Å². The molecule has 90 valence electrons. The molecule has 0 radical (unpaired) electrons. The van der Waals surface area contributed by atoms with Crippen molar-refractivity contribution in [2.45, 2.75) is 44.2 Å². The molecule has 0 bridgehead atoms. The number of carbonyl (C=O) groups is 2. The molecule has 5 nitrogen and oxygen atoms in total. The van der Waals surface area contributed by atoms with Crippen LogP contribution in [0.1, 0.15) is 32.1 Å². The molecule has 2 aliphatic heterocycles. The molecule has 2 heterocycles. The zero-order valence-electron chi connectivity index (χ0n) is 9.22. The summed E-state index contributed by atoms with van der Waals surface area (Å²) in [5.41, 5.74) is 0. The van der Waals surface area contributed by atoms with Gasteiger partial charge in [-0.25, -0.2) is 0 Å². The Morgan fingerprint density at radius 3 is 2.75 bits per heavy atom. The van der Waals surface area contributed by atoms with Crippen molar-refractivity contribution in [1.29, 1.82) is 0 Å². The van der Waals surface area contributed by atoms with Gasteiger partial charge in [-0.05, 0) is 25.7 Å². The Kier molecular flexibility index (Phi) is 3.43. The summed E-state index contributed by atoms with van der Waals surface area (Å²) in [6.45, 7) is 1.32. The van der Waals surface area contributed by atoms with E-state index in [1.807, 2.05) is 0 Å². The first-order valence-electron chi connectivity index (χ1n) is 5.82. The van der Waals surface area contributed by atoms with E-state index in [4.69, 9.17) is 9.84 Å². The number of likely N-dealkylation sites (tertiary alicyclic amines) is 1. The van der Waals surface area contributed by atoms with Gasteiger partial charge in [0.15, 0.2) is 0 Å². The number of rotatable bonds is 3. The number of carboxylic acid groups (broad SMARTS) is 1. The number of amides is 1. The minimum absolute atomic E-state index is 0.0127. The van der Waals surface area contributed by atoms with Crippen LogP contribution < -0.4 is 0 Å². The molecule has 2 fully saturated rings. The lowest BCUT2D eigenvalue weighted by molar-refractivity contribution is -0.144. The molecule has 2 aliphatic rings. The van der Waals surface area contributed by atoms with Crippen molar-refractivity contribution in [2.75, 3.05) is 13.2 Å². The van der Waals surface area contributed by atoms with Gasteiger partial charge in [-0.2, -0.15) is 0 Å². The predicted octanol–water partition coefficient (Wildman–Crippen LogP) is 0.631. The smallest absolute Gasteiger partial charge is 0.305 e. The Balaban J connectivity index is 1.95. The number of hydrogen-bond donors (Lipinski definition) is 1. The second kappa shape index (κ2) is 4.82. The van der Waals surface area contributed by atoms with E-state index in [2.05, 4.69) is 0 Å². The summed E-state index contributed by atoms with van der Waals surface area (Å²) in [5, 5.41) is 8.77. The minimum atomic E-state index is -0.836. The van der Waals surface area contributed by atoms with Gasteiger partial charge in [0.25, 0.3) is 5.91 Å². The van der Waals surface area contributed by atoms with Crippen LogP contribution in [-0.2, 0) is 14.3 Å². The summed E-state index contributed by atoms with van der Waals surface area (Å²) in [6.07, 6.45) is 3.12. The topological polar surface area (TPSA) is 66.8 Å². The predicted molar refractivity (Wildman–Crippen MR) is 56.0 cm³/mol. The van der Waals surface area contributed by atoms with Crippen molar-refractivity contribution in [2.24, 2.45) is 0 Å². The fourth-order valence-corrected chi connectivity index (χ4v) is 2.50. The van der Waals surface area contributed by atoms with Crippen LogP contribution in [-0.4, -0.2) is 47.2 Å². The normalized spacial score (nSPS) is 29.6. The number of ether oxygens (including phenoxy) is 1. The number of aliphatic carboxylic acids is 1. The van der Waals surface area contributed by atoms with E-state index in [0.29, 0.717) is 13.2 Å². The van der Waals surface area contributed by atoms with Crippen molar-refractivity contribution in [3.8, 4) is 0 Å². The number of carboxylic acids is 1. The van der Waals surface area contributed by atoms with E-state index < -0.39 is 5.97 Å². The summed E-state index contributed by atoms with van der Waals surface area (Å²) in [5.74, 6) is -0.849. The van der Waals surface area contributed by atoms with Gasteiger partial charge in [-0.1, -0.05) is 0 Å². The number of nitrogens with zero attached hydrogens (tertiary/aromatic N) is 1. The molecule has 5 heteroatoms. The Morgan fingerprint density at radius 1 is 1.31 bits per heavy atom. The second-order valence-corrected chi connectivity index (χ2v) is 4.43. The first-order valence-corrected chi connectivity index (χ1v) is 5.82. The first-order chi connectivity index (χ1) is 7.68. The molecule has 2 rings (SSSR count). The molecular weight excluding hydrogens is 210 g/mol. The van der Waals surface area contributed by atoms with E-state index in [9.17, 15) is 9.59 Å². The SMILES string of the molecule is O=C(O)CC1CCCN1C(=O)[C@@H]1CCCO1. The minimum Gasteiger partial charge on any atom is -0.481 e. The third-order valence-corrected chi connectivity index (χ3v) is 3.28. The first kappa shape index (κ1) is 11.4. The van der Waals surface area contributed by atoms with Gasteiger partial charge in [0, 0.05) is 19.2 Å². The van der Waals surface area contributed by atoms with E-state index in [0.717, 1.165) is 25.7 Å². The van der Waals surface area contributed by atoms with Crippen molar-refractivity contribution < 1.29 is 19.4 Å². The molecule has 16 heavy (non-hydrogen) atoms. The molecule has 0 aliphatic carbocycles. The molecule has 1 unspecified atom stereocenters. The molecule has 2 saturated heterocycles. The highest BCUT2D eigenvalue weighted by molar-refractivity contribution is 5.82. The van der Waals surface area contributed by atoms with Crippen LogP contribution in [0.2, 0.25) is 0 Å². The molecular formula is C11H17NO4. The lowest BCUT2D eigenvalue weighted by Crippen LogP contribution is -2.42. The third-order valence-electron chi connectivity index (χ3n) is 3.28. The molecule has 2 atom stereocenters. The highest BCUT2D eigenvalue weighted by Crippen LogP contribution is 2.24. The Labute approximate surface area is 94.4 Å². The van der Waals surface area contributed by atoms with E-state index in [-0.39, 0.29) is 24.5 Å². The van der Waals surface area contributed by atoms with Gasteiger partial charge in [-0.3, -0.25) is 9.59 Å². The number of carbonyl (C=O) groups excluding carboxylic acids is 1. The molecule has 0 saturated carbocycles. The number of hydrogen-bond acceptors (Lipinski definition) is 3. The van der Waals surface area contributed by atoms with Crippen molar-refractivity contribution >= 4 is 11.9 Å². The average Bonchev–Trinajstić information content (AvgIpc) is 2.84. The average molecular weight is 227 g/mol. The van der Waals surface area contributed by atoms with Crippen molar-refractivity contribution in [3.05, 3.63) is 0 Å². The highest BCUT2D eigenvalue weighted by atomic mass is 16.5. The van der Waals surface area contributed by atoms with E-state index in [1.54, 1.807) is 4.90 Å². The Hall–Kier alpha value is -1.10. The monoisotopic (exact) mass is 227 g/mol. The van der Waals surface area contributed by atoms with Gasteiger partial charge >= 0.3 is 5.97 Å². The summed E-state index contributed by atoms with van der Waals surface area (Å²) in [4.78, 5) is 24.4. The highest BCUT2D eigenvalue weighted by Gasteiger charge is 2.35. The lowest BCUT2D eigenvalue weighted by Gasteiger charge is -2.25. The standard InChI is InChI=1S/C11H17NO4/c13-10(14)7-8-3-1-5-12(8)11(15)9-4-2-6-16-9/h8-9H,1-7H2,(H,13,14)/t8?,9-/m0/s1. The van der Waals surface area contributed by atoms with Gasteiger partial charge < -0.3 is 14.7 Å². The summed E-state index contributed by atoms with van der Waals surface area (Å²) < 4.78 is 5.34. The summed E-state index contributed by atoms with van der Waals surface area (Å²) >= 11 is 0. The van der Waals surface area contributed by atoms with Crippen LogP contribution in [0.15, 0.2) is 0 Å². The van der Waals surface area contributed by atoms with Crippen LogP contribution in [0.3, 0.4) is 0 Å². The van der Waals surface area contributed by atoms with Gasteiger partial charge in [-0.15, -0.1) is 0 Å².